The van der Waals surface area contributed by atoms with Crippen LogP contribution in [-0.4, -0.2) is 13.1 Å². The van der Waals surface area contributed by atoms with Gasteiger partial charge in [-0.25, -0.2) is 4.79 Å². The topological polar surface area (TPSA) is 35.5 Å². The van der Waals surface area contributed by atoms with Gasteiger partial charge in [0.25, 0.3) is 0 Å². The lowest BCUT2D eigenvalue weighted by Gasteiger charge is -2.15. The average molecular weight is 368 g/mol. The van der Waals surface area contributed by atoms with Gasteiger partial charge in [-0.15, -0.1) is 0 Å². The lowest BCUT2D eigenvalue weighted by Crippen LogP contribution is -2.09. The Bertz CT molecular complexity index is 1140. The van der Waals surface area contributed by atoms with E-state index in [1.807, 2.05) is 36.4 Å². The molecule has 0 atom stereocenters. The molecule has 0 aliphatic rings. The molecule has 3 heteroatoms. The molecule has 0 aliphatic heterocycles. The molecule has 0 N–H and O–H groups in total. The van der Waals surface area contributed by atoms with E-state index in [0.29, 0.717) is 17.1 Å². The fourth-order valence-electron chi connectivity index (χ4n) is 3.39. The van der Waals surface area contributed by atoms with E-state index >= 15 is 0 Å². The SMILES string of the molecule is COc1ccc(C(=O)Oc2ccccc2-c2c(C)ccc3ccccc23)cc1. The van der Waals surface area contributed by atoms with Crippen LogP contribution in [0.5, 0.6) is 11.5 Å². The Balaban J connectivity index is 1.76. The lowest BCUT2D eigenvalue weighted by atomic mass is 9.93. The first-order chi connectivity index (χ1) is 13.7. The second-order valence-electron chi connectivity index (χ2n) is 6.59. The van der Waals surface area contributed by atoms with Crippen LogP contribution in [0.15, 0.2) is 84.9 Å². The van der Waals surface area contributed by atoms with Gasteiger partial charge >= 0.3 is 5.97 Å². The second-order valence-corrected chi connectivity index (χ2v) is 6.59. The first-order valence-corrected chi connectivity index (χ1v) is 9.11. The van der Waals surface area contributed by atoms with Crippen LogP contribution in [0.25, 0.3) is 21.9 Å². The molecule has 0 fully saturated rings. The summed E-state index contributed by atoms with van der Waals surface area (Å²) in [6, 6.07) is 27.0. The third kappa shape index (κ3) is 3.35. The van der Waals surface area contributed by atoms with Crippen molar-refractivity contribution in [2.45, 2.75) is 6.92 Å². The molecular formula is C25H20O3. The number of methoxy groups -OCH3 is 1. The van der Waals surface area contributed by atoms with E-state index in [1.165, 1.54) is 0 Å². The van der Waals surface area contributed by atoms with Crippen LogP contribution in [0.4, 0.5) is 0 Å². The predicted octanol–water partition coefficient (Wildman–Crippen LogP) is 6.04. The van der Waals surface area contributed by atoms with Crippen LogP contribution in [0.2, 0.25) is 0 Å². The molecule has 3 nitrogen and oxygen atoms in total. The standard InChI is InChI=1S/C25H20O3/c1-17-11-12-18-7-3-4-8-21(18)24(17)22-9-5-6-10-23(22)28-25(26)19-13-15-20(27-2)16-14-19/h3-16H,1-2H3. The van der Waals surface area contributed by atoms with E-state index in [9.17, 15) is 4.79 Å². The molecule has 4 aromatic carbocycles. The first-order valence-electron chi connectivity index (χ1n) is 9.11. The third-order valence-corrected chi connectivity index (χ3v) is 4.82. The molecule has 0 spiro atoms. The molecule has 0 aliphatic carbocycles. The summed E-state index contributed by atoms with van der Waals surface area (Å²) >= 11 is 0. The molecule has 4 rings (SSSR count). The zero-order valence-electron chi connectivity index (χ0n) is 15.8. The number of carbonyl (C=O) groups is 1. The zero-order chi connectivity index (χ0) is 19.5. The monoisotopic (exact) mass is 368 g/mol. The van der Waals surface area contributed by atoms with Gasteiger partial charge < -0.3 is 9.47 Å². The smallest absolute Gasteiger partial charge is 0.343 e. The van der Waals surface area contributed by atoms with Crippen molar-refractivity contribution in [1.29, 1.82) is 0 Å². The molecule has 0 amide bonds. The number of hydrogen-bond donors (Lipinski definition) is 0. The van der Waals surface area contributed by atoms with Crippen molar-refractivity contribution in [3.05, 3.63) is 96.1 Å². The van der Waals surface area contributed by atoms with Gasteiger partial charge in [-0.1, -0.05) is 54.6 Å². The molecule has 28 heavy (non-hydrogen) atoms. The van der Waals surface area contributed by atoms with Gasteiger partial charge in [-0.3, -0.25) is 0 Å². The maximum absolute atomic E-state index is 12.7. The van der Waals surface area contributed by atoms with Gasteiger partial charge in [0.15, 0.2) is 0 Å². The van der Waals surface area contributed by atoms with E-state index in [1.54, 1.807) is 31.4 Å². The summed E-state index contributed by atoms with van der Waals surface area (Å²) in [7, 11) is 1.59. The quantitative estimate of drug-likeness (QED) is 0.325. The van der Waals surface area contributed by atoms with Crippen LogP contribution in [0.3, 0.4) is 0 Å². The summed E-state index contributed by atoms with van der Waals surface area (Å²) < 4.78 is 10.9. The van der Waals surface area contributed by atoms with Crippen LogP contribution in [0.1, 0.15) is 15.9 Å². The van der Waals surface area contributed by atoms with E-state index in [-0.39, 0.29) is 0 Å². The highest BCUT2D eigenvalue weighted by molar-refractivity contribution is 6.00. The van der Waals surface area contributed by atoms with Gasteiger partial charge in [0.1, 0.15) is 11.5 Å². The number of esters is 1. The highest BCUT2D eigenvalue weighted by Gasteiger charge is 2.16. The van der Waals surface area contributed by atoms with Crippen molar-refractivity contribution >= 4 is 16.7 Å². The minimum atomic E-state index is -0.395. The highest BCUT2D eigenvalue weighted by atomic mass is 16.5. The van der Waals surface area contributed by atoms with Crippen LogP contribution >= 0.6 is 0 Å². The van der Waals surface area contributed by atoms with Crippen molar-refractivity contribution in [3.8, 4) is 22.6 Å². The molecule has 0 aromatic heterocycles. The summed E-state index contributed by atoms with van der Waals surface area (Å²) in [5.41, 5.74) is 3.59. The molecular weight excluding hydrogens is 348 g/mol. The number of aryl methyl sites for hydroxylation is 1. The summed E-state index contributed by atoms with van der Waals surface area (Å²) in [4.78, 5) is 12.7. The molecule has 0 saturated carbocycles. The van der Waals surface area contributed by atoms with Gasteiger partial charge in [-0.2, -0.15) is 0 Å². The zero-order valence-corrected chi connectivity index (χ0v) is 15.8. The minimum absolute atomic E-state index is 0.395. The Kier molecular flexibility index (Phi) is 4.81. The highest BCUT2D eigenvalue weighted by Crippen LogP contribution is 2.37. The molecule has 0 radical (unpaired) electrons. The molecule has 4 aromatic rings. The number of ether oxygens (including phenoxy) is 2. The van der Waals surface area contributed by atoms with Crippen LogP contribution in [0, 0.1) is 6.92 Å². The number of para-hydroxylation sites is 1. The molecule has 138 valence electrons. The summed E-state index contributed by atoms with van der Waals surface area (Å²) in [6.45, 7) is 2.07. The number of hydrogen-bond acceptors (Lipinski definition) is 3. The van der Waals surface area contributed by atoms with Gasteiger partial charge in [0.2, 0.25) is 0 Å². The number of fused-ring (bicyclic) bond motifs is 1. The van der Waals surface area contributed by atoms with E-state index in [4.69, 9.17) is 9.47 Å². The fraction of sp³-hybridized carbons (Fsp3) is 0.0800. The average Bonchev–Trinajstić information content (AvgIpc) is 2.74. The second kappa shape index (κ2) is 7.57. The van der Waals surface area contributed by atoms with Crippen molar-refractivity contribution in [3.63, 3.8) is 0 Å². The Hall–Kier alpha value is -3.59. The number of carbonyl (C=O) groups excluding carboxylic acids is 1. The summed E-state index contributed by atoms with van der Waals surface area (Å²) in [5.74, 6) is 0.846. The number of rotatable bonds is 4. The van der Waals surface area contributed by atoms with Gasteiger partial charge in [0, 0.05) is 5.56 Å². The summed E-state index contributed by atoms with van der Waals surface area (Å²) in [6.07, 6.45) is 0. The van der Waals surface area contributed by atoms with Gasteiger partial charge in [-0.05, 0) is 59.2 Å². The molecule has 0 heterocycles. The fourth-order valence-corrected chi connectivity index (χ4v) is 3.39. The third-order valence-electron chi connectivity index (χ3n) is 4.82. The van der Waals surface area contributed by atoms with E-state index in [0.717, 1.165) is 27.5 Å². The van der Waals surface area contributed by atoms with Crippen LogP contribution in [-0.2, 0) is 0 Å². The Morgan fingerprint density at radius 2 is 1.50 bits per heavy atom. The Morgan fingerprint density at radius 3 is 2.29 bits per heavy atom. The van der Waals surface area contributed by atoms with E-state index in [2.05, 4.69) is 31.2 Å². The van der Waals surface area contributed by atoms with Crippen molar-refractivity contribution in [2.75, 3.05) is 7.11 Å². The Labute approximate surface area is 164 Å². The largest absolute Gasteiger partial charge is 0.497 e. The molecule has 0 bridgehead atoms. The van der Waals surface area contributed by atoms with Gasteiger partial charge in [0.05, 0.1) is 12.7 Å². The predicted molar refractivity (Wildman–Crippen MR) is 112 cm³/mol. The Morgan fingerprint density at radius 1 is 0.786 bits per heavy atom. The maximum atomic E-state index is 12.7. The minimum Gasteiger partial charge on any atom is -0.497 e. The normalized spacial score (nSPS) is 10.6. The van der Waals surface area contributed by atoms with Crippen molar-refractivity contribution in [2.24, 2.45) is 0 Å². The lowest BCUT2D eigenvalue weighted by molar-refractivity contribution is 0.0735. The molecule has 0 saturated heterocycles. The summed E-state index contributed by atoms with van der Waals surface area (Å²) in [5, 5.41) is 2.29. The van der Waals surface area contributed by atoms with Crippen LogP contribution < -0.4 is 9.47 Å². The number of benzene rings is 4. The first kappa shape index (κ1) is 17.8. The van der Waals surface area contributed by atoms with Crippen molar-refractivity contribution in [1.82, 2.24) is 0 Å². The maximum Gasteiger partial charge on any atom is 0.343 e. The van der Waals surface area contributed by atoms with E-state index < -0.39 is 5.97 Å². The van der Waals surface area contributed by atoms with Crippen molar-refractivity contribution < 1.29 is 14.3 Å². The molecule has 0 unspecified atom stereocenters.